The molecule has 9 rings (SSSR count). The SMILES string of the molecule is c1ccc(-c2nc3c(N(c4ccc5ccccc5c4)c4ccccc4-c4ccccc4)c4oc5ccccc5c4cc3o2)cc1. The van der Waals surface area contributed by atoms with Crippen LogP contribution in [0.3, 0.4) is 0 Å². The molecule has 0 radical (unpaired) electrons. The molecule has 2 heterocycles. The first-order chi connectivity index (χ1) is 22.3. The minimum Gasteiger partial charge on any atom is -0.454 e. The summed E-state index contributed by atoms with van der Waals surface area (Å²) in [6.07, 6.45) is 0. The molecule has 45 heavy (non-hydrogen) atoms. The highest BCUT2D eigenvalue weighted by Gasteiger charge is 2.27. The molecule has 0 atom stereocenters. The zero-order valence-corrected chi connectivity index (χ0v) is 24.2. The third-order valence-electron chi connectivity index (χ3n) is 8.47. The molecule has 0 aliphatic rings. The van der Waals surface area contributed by atoms with E-state index in [4.69, 9.17) is 13.8 Å². The first-order valence-electron chi connectivity index (χ1n) is 15.1. The molecule has 0 saturated heterocycles. The van der Waals surface area contributed by atoms with Crippen molar-refractivity contribution in [1.82, 2.24) is 4.98 Å². The Morgan fingerprint density at radius 2 is 1.18 bits per heavy atom. The van der Waals surface area contributed by atoms with Gasteiger partial charge < -0.3 is 13.7 Å². The Hall–Kier alpha value is -6.13. The van der Waals surface area contributed by atoms with E-state index in [1.54, 1.807) is 0 Å². The maximum absolute atomic E-state index is 6.74. The molecule has 212 valence electrons. The molecule has 0 saturated carbocycles. The number of hydrogen-bond donors (Lipinski definition) is 0. The highest BCUT2D eigenvalue weighted by molar-refractivity contribution is 6.18. The number of oxazole rings is 1. The van der Waals surface area contributed by atoms with Crippen LogP contribution >= 0.6 is 0 Å². The lowest BCUT2D eigenvalue weighted by Crippen LogP contribution is -2.12. The molecule has 0 bridgehead atoms. The van der Waals surface area contributed by atoms with Gasteiger partial charge in [0, 0.05) is 27.6 Å². The molecule has 2 aromatic heterocycles. The Balaban J connectivity index is 1.43. The van der Waals surface area contributed by atoms with Crippen molar-refractivity contribution in [2.24, 2.45) is 0 Å². The lowest BCUT2D eigenvalue weighted by atomic mass is 10.0. The van der Waals surface area contributed by atoms with E-state index in [2.05, 4.69) is 108 Å². The fourth-order valence-corrected chi connectivity index (χ4v) is 6.37. The van der Waals surface area contributed by atoms with E-state index in [0.717, 1.165) is 66.6 Å². The van der Waals surface area contributed by atoms with Crippen LogP contribution in [-0.2, 0) is 0 Å². The fraction of sp³-hybridized carbons (Fsp3) is 0. The molecular weight excluding hydrogens is 552 g/mol. The second kappa shape index (κ2) is 10.2. The third-order valence-corrected chi connectivity index (χ3v) is 8.47. The van der Waals surface area contributed by atoms with Gasteiger partial charge in [-0.1, -0.05) is 115 Å². The predicted octanol–water partition coefficient (Wildman–Crippen LogP) is 11.7. The van der Waals surface area contributed by atoms with Crippen molar-refractivity contribution in [1.29, 1.82) is 0 Å². The smallest absolute Gasteiger partial charge is 0.227 e. The number of fused-ring (bicyclic) bond motifs is 5. The van der Waals surface area contributed by atoms with Gasteiger partial charge in [-0.3, -0.25) is 0 Å². The summed E-state index contributed by atoms with van der Waals surface area (Å²) in [7, 11) is 0. The number of anilines is 3. The molecule has 0 spiro atoms. The van der Waals surface area contributed by atoms with Crippen LogP contribution in [-0.4, -0.2) is 4.98 Å². The van der Waals surface area contributed by atoms with Crippen LogP contribution in [0.15, 0.2) is 167 Å². The zero-order chi connectivity index (χ0) is 29.7. The predicted molar refractivity (Wildman–Crippen MR) is 184 cm³/mol. The van der Waals surface area contributed by atoms with Gasteiger partial charge in [0.15, 0.2) is 11.2 Å². The molecule has 0 aliphatic carbocycles. The molecule has 7 aromatic carbocycles. The maximum Gasteiger partial charge on any atom is 0.227 e. The number of furan rings is 1. The first kappa shape index (κ1) is 25.4. The van der Waals surface area contributed by atoms with Crippen molar-refractivity contribution in [3.63, 3.8) is 0 Å². The Labute approximate surface area is 259 Å². The van der Waals surface area contributed by atoms with Crippen LogP contribution in [0.5, 0.6) is 0 Å². The van der Waals surface area contributed by atoms with Crippen molar-refractivity contribution < 1.29 is 8.83 Å². The normalized spacial score (nSPS) is 11.6. The van der Waals surface area contributed by atoms with Gasteiger partial charge in [0.2, 0.25) is 5.89 Å². The van der Waals surface area contributed by atoms with Gasteiger partial charge in [-0.05, 0) is 58.8 Å². The van der Waals surface area contributed by atoms with E-state index in [0.29, 0.717) is 11.5 Å². The van der Waals surface area contributed by atoms with E-state index < -0.39 is 0 Å². The van der Waals surface area contributed by atoms with Gasteiger partial charge in [0.1, 0.15) is 16.8 Å². The summed E-state index contributed by atoms with van der Waals surface area (Å²) in [5.41, 5.74) is 8.99. The van der Waals surface area contributed by atoms with E-state index in [1.807, 2.05) is 54.6 Å². The summed E-state index contributed by atoms with van der Waals surface area (Å²) >= 11 is 0. The van der Waals surface area contributed by atoms with Crippen LogP contribution < -0.4 is 4.90 Å². The summed E-state index contributed by atoms with van der Waals surface area (Å²) < 4.78 is 13.3. The Kier molecular flexibility index (Phi) is 5.78. The Morgan fingerprint density at radius 1 is 0.489 bits per heavy atom. The van der Waals surface area contributed by atoms with Crippen LogP contribution in [0.4, 0.5) is 17.1 Å². The topological polar surface area (TPSA) is 42.4 Å². The number of hydrogen-bond acceptors (Lipinski definition) is 4. The van der Waals surface area contributed by atoms with Gasteiger partial charge in [0.05, 0.1) is 5.69 Å². The first-order valence-corrected chi connectivity index (χ1v) is 15.1. The van der Waals surface area contributed by atoms with Crippen molar-refractivity contribution in [2.45, 2.75) is 0 Å². The average Bonchev–Trinajstić information content (AvgIpc) is 3.71. The maximum atomic E-state index is 6.74. The Bertz CT molecular complexity index is 2490. The lowest BCUT2D eigenvalue weighted by molar-refractivity contribution is 0.620. The van der Waals surface area contributed by atoms with E-state index >= 15 is 0 Å². The number of aromatic nitrogens is 1. The van der Waals surface area contributed by atoms with Crippen molar-refractivity contribution >= 4 is 60.9 Å². The van der Waals surface area contributed by atoms with Crippen LogP contribution in [0.2, 0.25) is 0 Å². The second-order valence-corrected chi connectivity index (χ2v) is 11.2. The summed E-state index contributed by atoms with van der Waals surface area (Å²) in [6.45, 7) is 0. The quantitative estimate of drug-likeness (QED) is 0.204. The monoisotopic (exact) mass is 578 g/mol. The van der Waals surface area contributed by atoms with Gasteiger partial charge >= 0.3 is 0 Å². The molecule has 0 unspecified atom stereocenters. The highest BCUT2D eigenvalue weighted by atomic mass is 16.4. The van der Waals surface area contributed by atoms with Crippen LogP contribution in [0.25, 0.3) is 66.4 Å². The molecule has 9 aromatic rings. The zero-order valence-electron chi connectivity index (χ0n) is 24.2. The summed E-state index contributed by atoms with van der Waals surface area (Å²) in [5, 5.41) is 4.34. The van der Waals surface area contributed by atoms with E-state index in [-0.39, 0.29) is 0 Å². The average molecular weight is 579 g/mol. The molecule has 0 amide bonds. The number of para-hydroxylation sites is 2. The van der Waals surface area contributed by atoms with Crippen LogP contribution in [0.1, 0.15) is 0 Å². The van der Waals surface area contributed by atoms with Gasteiger partial charge in [-0.2, -0.15) is 0 Å². The van der Waals surface area contributed by atoms with E-state index in [9.17, 15) is 0 Å². The largest absolute Gasteiger partial charge is 0.454 e. The molecule has 0 N–H and O–H groups in total. The molecule has 0 aliphatic heterocycles. The standard InChI is InChI=1S/C41H26N2O2/c1-3-14-28(15-4-1)32-19-9-11-21-35(32)43(31-24-23-27-13-7-8-18-30(27)25-31)39-38-37(45-41(42-38)29-16-5-2-6-17-29)26-34-33-20-10-12-22-36(33)44-40(34)39/h1-26H. The molecule has 0 fully saturated rings. The molecular formula is C41H26N2O2. The van der Waals surface area contributed by atoms with Crippen LogP contribution in [0, 0.1) is 0 Å². The minimum atomic E-state index is 0.568. The summed E-state index contributed by atoms with van der Waals surface area (Å²) in [6, 6.07) is 54.4. The molecule has 4 heteroatoms. The highest BCUT2D eigenvalue weighted by Crippen LogP contribution is 2.49. The van der Waals surface area contributed by atoms with Crippen molar-refractivity contribution in [2.75, 3.05) is 4.90 Å². The second-order valence-electron chi connectivity index (χ2n) is 11.2. The van der Waals surface area contributed by atoms with Gasteiger partial charge in [-0.15, -0.1) is 0 Å². The Morgan fingerprint density at radius 3 is 2.02 bits per heavy atom. The number of nitrogens with zero attached hydrogens (tertiary/aromatic N) is 2. The number of benzene rings is 7. The third kappa shape index (κ3) is 4.19. The van der Waals surface area contributed by atoms with Crippen molar-refractivity contribution in [3.8, 4) is 22.6 Å². The lowest BCUT2D eigenvalue weighted by Gasteiger charge is -2.28. The number of rotatable bonds is 5. The van der Waals surface area contributed by atoms with E-state index in [1.165, 1.54) is 5.39 Å². The fourth-order valence-electron chi connectivity index (χ4n) is 6.37. The minimum absolute atomic E-state index is 0.568. The van der Waals surface area contributed by atoms with Gasteiger partial charge in [0.25, 0.3) is 0 Å². The summed E-state index contributed by atoms with van der Waals surface area (Å²) in [4.78, 5) is 7.46. The van der Waals surface area contributed by atoms with Crippen molar-refractivity contribution in [3.05, 3.63) is 158 Å². The summed E-state index contributed by atoms with van der Waals surface area (Å²) in [5.74, 6) is 0.568. The molecule has 4 nitrogen and oxygen atoms in total. The van der Waals surface area contributed by atoms with Gasteiger partial charge in [-0.25, -0.2) is 4.98 Å².